The highest BCUT2D eigenvalue weighted by molar-refractivity contribution is 6.26. The summed E-state index contributed by atoms with van der Waals surface area (Å²) in [5.41, 5.74) is 15.5. The highest BCUT2D eigenvalue weighted by Crippen LogP contribution is 2.43. The topological polar surface area (TPSA) is 14.8 Å². The third kappa shape index (κ3) is 4.79. The van der Waals surface area contributed by atoms with Gasteiger partial charge in [0.05, 0.1) is 33.1 Å². The van der Waals surface area contributed by atoms with E-state index in [1.165, 1.54) is 87.7 Å². The maximum absolute atomic E-state index is 2.47. The average molecular weight is 726 g/mol. The Balaban J connectivity index is 1.10. The SMILES string of the molecule is c1ccc(-c2ccc(-n3c4ccccc4c4ccc5c(c6ccccc6n5-c5ccc6c(c5)c5ccccc5n6-c5cccc(-c6ccccc6)c5)c43)cc2)cc1. The van der Waals surface area contributed by atoms with Crippen molar-refractivity contribution in [2.75, 3.05) is 0 Å². The van der Waals surface area contributed by atoms with E-state index in [4.69, 9.17) is 0 Å². The first kappa shape index (κ1) is 31.7. The van der Waals surface area contributed by atoms with Gasteiger partial charge in [0.1, 0.15) is 0 Å². The van der Waals surface area contributed by atoms with Crippen LogP contribution in [-0.2, 0) is 0 Å². The summed E-state index contributed by atoms with van der Waals surface area (Å²) >= 11 is 0. The van der Waals surface area contributed by atoms with Crippen LogP contribution in [0.3, 0.4) is 0 Å². The summed E-state index contributed by atoms with van der Waals surface area (Å²) in [5.74, 6) is 0. The molecule has 12 rings (SSSR count). The summed E-state index contributed by atoms with van der Waals surface area (Å²) in [7, 11) is 0. The summed E-state index contributed by atoms with van der Waals surface area (Å²) in [6.07, 6.45) is 0. The van der Waals surface area contributed by atoms with Crippen molar-refractivity contribution < 1.29 is 0 Å². The number of hydrogen-bond acceptors (Lipinski definition) is 0. The molecule has 0 atom stereocenters. The number of aromatic nitrogens is 3. The van der Waals surface area contributed by atoms with Crippen LogP contribution in [0.25, 0.3) is 105 Å². The summed E-state index contributed by atoms with van der Waals surface area (Å²) in [4.78, 5) is 0. The summed E-state index contributed by atoms with van der Waals surface area (Å²) in [6.45, 7) is 0. The van der Waals surface area contributed by atoms with Crippen LogP contribution in [-0.4, -0.2) is 13.7 Å². The number of para-hydroxylation sites is 3. The van der Waals surface area contributed by atoms with Gasteiger partial charge in [-0.1, -0.05) is 146 Å². The number of nitrogens with zero attached hydrogens (tertiary/aromatic N) is 3. The van der Waals surface area contributed by atoms with Crippen molar-refractivity contribution in [2.24, 2.45) is 0 Å². The molecule has 9 aromatic carbocycles. The first-order valence-electron chi connectivity index (χ1n) is 19.6. The Bertz CT molecular complexity index is 3490. The van der Waals surface area contributed by atoms with Crippen LogP contribution >= 0.6 is 0 Å². The normalized spacial score (nSPS) is 11.9. The van der Waals surface area contributed by atoms with E-state index in [1.807, 2.05) is 0 Å². The van der Waals surface area contributed by atoms with Crippen LogP contribution < -0.4 is 0 Å². The van der Waals surface area contributed by atoms with Crippen molar-refractivity contribution in [3.05, 3.63) is 212 Å². The van der Waals surface area contributed by atoms with E-state index in [0.717, 1.165) is 17.1 Å². The molecule has 0 bridgehead atoms. The minimum Gasteiger partial charge on any atom is -0.309 e. The lowest BCUT2D eigenvalue weighted by atomic mass is 10.1. The van der Waals surface area contributed by atoms with Crippen molar-refractivity contribution in [3.8, 4) is 39.3 Å². The van der Waals surface area contributed by atoms with Crippen LogP contribution in [0.2, 0.25) is 0 Å². The Morgan fingerprint density at radius 2 is 0.702 bits per heavy atom. The van der Waals surface area contributed by atoms with Gasteiger partial charge in [0.15, 0.2) is 0 Å². The number of rotatable bonds is 5. The Labute approximate surface area is 329 Å². The summed E-state index contributed by atoms with van der Waals surface area (Å²) in [5, 5.41) is 7.47. The Morgan fingerprint density at radius 1 is 0.228 bits per heavy atom. The molecular weight excluding hydrogens is 691 g/mol. The van der Waals surface area contributed by atoms with Crippen molar-refractivity contribution in [2.45, 2.75) is 0 Å². The fourth-order valence-corrected chi connectivity index (χ4v) is 9.32. The van der Waals surface area contributed by atoms with Gasteiger partial charge in [-0.2, -0.15) is 0 Å². The molecule has 0 radical (unpaired) electrons. The fourth-order valence-electron chi connectivity index (χ4n) is 9.32. The van der Waals surface area contributed by atoms with Crippen LogP contribution in [0.5, 0.6) is 0 Å². The van der Waals surface area contributed by atoms with Crippen LogP contribution in [0.4, 0.5) is 0 Å². The number of benzene rings is 9. The molecule has 0 aliphatic carbocycles. The monoisotopic (exact) mass is 725 g/mol. The van der Waals surface area contributed by atoms with E-state index in [2.05, 4.69) is 226 Å². The van der Waals surface area contributed by atoms with Gasteiger partial charge < -0.3 is 13.7 Å². The van der Waals surface area contributed by atoms with Crippen LogP contribution in [0.1, 0.15) is 0 Å². The maximum Gasteiger partial charge on any atom is 0.0641 e. The lowest BCUT2D eigenvalue weighted by Gasteiger charge is -2.12. The molecule has 57 heavy (non-hydrogen) atoms. The predicted molar refractivity (Wildman–Crippen MR) is 240 cm³/mol. The van der Waals surface area contributed by atoms with Gasteiger partial charge >= 0.3 is 0 Å². The fraction of sp³-hybridized carbons (Fsp3) is 0. The minimum atomic E-state index is 1.14. The van der Waals surface area contributed by atoms with Crippen LogP contribution in [0.15, 0.2) is 212 Å². The minimum absolute atomic E-state index is 1.14. The standard InChI is InChI=1S/C54H35N3/c1-3-14-36(15-4-1)38-26-28-40(29-27-38)57-49-24-11-7-20-43(49)45-31-33-52-53(54(45)57)46-22-9-12-25-50(46)56(52)42-30-32-51-47(35-42)44-21-8-10-23-48(44)55(51)41-19-13-18-39(34-41)37-16-5-2-6-17-37/h1-35H. The summed E-state index contributed by atoms with van der Waals surface area (Å²) in [6, 6.07) is 77.4. The van der Waals surface area contributed by atoms with Gasteiger partial charge in [0.25, 0.3) is 0 Å². The first-order chi connectivity index (χ1) is 28.3. The second kappa shape index (κ2) is 12.5. The molecule has 0 saturated heterocycles. The zero-order valence-corrected chi connectivity index (χ0v) is 31.0. The quantitative estimate of drug-likeness (QED) is 0.168. The molecule has 0 saturated carbocycles. The molecule has 3 aromatic heterocycles. The summed E-state index contributed by atoms with van der Waals surface area (Å²) < 4.78 is 7.35. The molecule has 0 aliphatic rings. The highest BCUT2D eigenvalue weighted by atomic mass is 15.0. The average Bonchev–Trinajstić information content (AvgIpc) is 3.92. The molecule has 0 spiro atoms. The van der Waals surface area contributed by atoms with Crippen molar-refractivity contribution in [1.29, 1.82) is 0 Å². The predicted octanol–water partition coefficient (Wildman–Crippen LogP) is 14.3. The van der Waals surface area contributed by atoms with Gasteiger partial charge in [0, 0.05) is 49.4 Å². The van der Waals surface area contributed by atoms with E-state index in [-0.39, 0.29) is 0 Å². The smallest absolute Gasteiger partial charge is 0.0641 e. The molecular formula is C54H35N3. The van der Waals surface area contributed by atoms with Gasteiger partial charge in [-0.3, -0.25) is 0 Å². The van der Waals surface area contributed by atoms with Crippen molar-refractivity contribution in [1.82, 2.24) is 13.7 Å². The molecule has 3 heterocycles. The van der Waals surface area contributed by atoms with Crippen molar-refractivity contribution in [3.63, 3.8) is 0 Å². The Kier molecular flexibility index (Phi) is 6.93. The lowest BCUT2D eigenvalue weighted by molar-refractivity contribution is 1.16. The Hall–Kier alpha value is -7.62. The van der Waals surface area contributed by atoms with Gasteiger partial charge in [-0.05, 0) is 89.0 Å². The van der Waals surface area contributed by atoms with E-state index in [0.29, 0.717) is 0 Å². The zero-order valence-electron chi connectivity index (χ0n) is 31.0. The van der Waals surface area contributed by atoms with Gasteiger partial charge in [-0.15, -0.1) is 0 Å². The second-order valence-electron chi connectivity index (χ2n) is 14.9. The maximum atomic E-state index is 2.47. The molecule has 0 amide bonds. The number of fused-ring (bicyclic) bond motifs is 10. The molecule has 3 heteroatoms. The van der Waals surface area contributed by atoms with E-state index < -0.39 is 0 Å². The van der Waals surface area contributed by atoms with Crippen LogP contribution in [0, 0.1) is 0 Å². The lowest BCUT2D eigenvalue weighted by Crippen LogP contribution is -1.96. The molecule has 266 valence electrons. The second-order valence-corrected chi connectivity index (χ2v) is 14.9. The molecule has 12 aromatic rings. The third-order valence-electron chi connectivity index (χ3n) is 11.8. The van der Waals surface area contributed by atoms with E-state index in [9.17, 15) is 0 Å². The van der Waals surface area contributed by atoms with Crippen molar-refractivity contribution >= 4 is 65.4 Å². The van der Waals surface area contributed by atoms with E-state index >= 15 is 0 Å². The largest absolute Gasteiger partial charge is 0.309 e. The highest BCUT2D eigenvalue weighted by Gasteiger charge is 2.22. The molecule has 0 unspecified atom stereocenters. The van der Waals surface area contributed by atoms with Gasteiger partial charge in [0.2, 0.25) is 0 Å². The molecule has 3 nitrogen and oxygen atoms in total. The molecule has 0 fully saturated rings. The van der Waals surface area contributed by atoms with E-state index in [1.54, 1.807) is 0 Å². The van der Waals surface area contributed by atoms with Gasteiger partial charge in [-0.25, -0.2) is 0 Å². The molecule has 0 N–H and O–H groups in total. The Morgan fingerprint density at radius 3 is 1.42 bits per heavy atom. The molecule has 0 aliphatic heterocycles. The number of hydrogen-bond donors (Lipinski definition) is 0. The third-order valence-corrected chi connectivity index (χ3v) is 11.8. The zero-order chi connectivity index (χ0) is 37.5. The first-order valence-corrected chi connectivity index (χ1v) is 19.6.